The van der Waals surface area contributed by atoms with E-state index in [1.165, 1.54) is 0 Å². The van der Waals surface area contributed by atoms with Crippen LogP contribution >= 0.6 is 0 Å². The molecule has 0 amide bonds. The monoisotopic (exact) mass is 274 g/mol. The molecule has 0 bridgehead atoms. The van der Waals surface area contributed by atoms with E-state index in [2.05, 4.69) is 0 Å². The van der Waals surface area contributed by atoms with Gasteiger partial charge in [-0.1, -0.05) is 13.8 Å². The quantitative estimate of drug-likeness (QED) is 0.627. The minimum atomic E-state index is -1.99. The van der Waals surface area contributed by atoms with Gasteiger partial charge in [-0.3, -0.25) is 0 Å². The fraction of sp³-hybridized carbons (Fsp3) is 1.00. The molecule has 0 rings (SSSR count). The second-order valence-electron chi connectivity index (χ2n) is 2.60. The Morgan fingerprint density at radius 3 is 1.27 bits per heavy atom. The van der Waals surface area contributed by atoms with Gasteiger partial charge in [-0.25, -0.2) is 0 Å². The smallest absolute Gasteiger partial charge is 0.0149 e. The van der Waals surface area contributed by atoms with E-state index in [-0.39, 0.29) is 11.0 Å². The van der Waals surface area contributed by atoms with Crippen LogP contribution in [0.5, 0.6) is 0 Å². The Morgan fingerprint density at radius 2 is 1.13 bits per heavy atom. The molecular weight excluding hydrogens is 248 g/mol. The molecule has 94 valence electrons. The van der Waals surface area contributed by atoms with Gasteiger partial charge in [0, 0.05) is 0 Å². The van der Waals surface area contributed by atoms with E-state index in [9.17, 15) is 5.11 Å². The van der Waals surface area contributed by atoms with E-state index >= 15 is 0 Å². The second kappa shape index (κ2) is 17.2. The van der Waals surface area contributed by atoms with E-state index in [1.807, 2.05) is 20.8 Å². The van der Waals surface area contributed by atoms with Gasteiger partial charge in [0.25, 0.3) is 0 Å². The summed E-state index contributed by atoms with van der Waals surface area (Å²) < 4.78 is 15.7. The van der Waals surface area contributed by atoms with Crippen LogP contribution in [-0.2, 0) is 29.0 Å². The Bertz CT molecular complexity index is 89.1. The first-order valence-electron chi connectivity index (χ1n) is 4.99. The summed E-state index contributed by atoms with van der Waals surface area (Å²) in [6.45, 7) is 11.1. The van der Waals surface area contributed by atoms with Gasteiger partial charge in [0.15, 0.2) is 0 Å². The van der Waals surface area contributed by atoms with Crippen molar-refractivity contribution >= 4 is 11.0 Å². The van der Waals surface area contributed by atoms with Crippen molar-refractivity contribution in [2.45, 2.75) is 40.7 Å². The van der Waals surface area contributed by atoms with Gasteiger partial charge in [0.2, 0.25) is 0 Å². The molecule has 0 N–H and O–H groups in total. The van der Waals surface area contributed by atoms with E-state index in [0.717, 1.165) is 0 Å². The molecule has 0 aliphatic heterocycles. The number of hydrogen-bond acceptors (Lipinski definition) is 4. The van der Waals surface area contributed by atoms with Crippen LogP contribution in [0.3, 0.4) is 0 Å². The summed E-state index contributed by atoms with van der Waals surface area (Å²) in [5.41, 5.74) is 0. The summed E-state index contributed by atoms with van der Waals surface area (Å²) in [7, 11) is 0. The molecule has 0 unspecified atom stereocenters. The Morgan fingerprint density at radius 1 is 0.933 bits per heavy atom. The molecule has 0 fully saturated rings. The first kappa shape index (κ1) is 21.1. The van der Waals surface area contributed by atoms with Crippen LogP contribution in [0.4, 0.5) is 0 Å². The van der Waals surface area contributed by atoms with E-state index in [4.69, 9.17) is 9.96 Å². The Balaban J connectivity index is -0.000000249. The fourth-order valence-corrected chi connectivity index (χ4v) is 1.97. The van der Waals surface area contributed by atoms with Crippen molar-refractivity contribution in [2.24, 2.45) is 0 Å². The van der Waals surface area contributed by atoms with Gasteiger partial charge in [0.1, 0.15) is 0 Å². The second-order valence-corrected chi connectivity index (χ2v) is 4.73. The zero-order chi connectivity index (χ0) is 11.4. The van der Waals surface area contributed by atoms with Crippen LogP contribution in [0.2, 0.25) is 0 Å². The standard InChI is InChI=1S/C3H7O.3C2H5O.H4Si.Ti/c1-3(2)4;3*1-2-3;;/h3H,1-2H3;3*2H2,1H3;1H4;/q4*-1;;+4. The van der Waals surface area contributed by atoms with Gasteiger partial charge in [0.05, 0.1) is 0 Å². The first-order chi connectivity index (χ1) is 6.58. The SMILES string of the molecule is CC(C)[O-].CC[O][Ti+]([O]CC)[O]CC.[SiH4]. The van der Waals surface area contributed by atoms with Crippen LogP contribution in [0.25, 0.3) is 0 Å². The fourth-order valence-electron chi connectivity index (χ4n) is 0.479. The molecule has 0 atom stereocenters. The normalized spacial score (nSPS) is 9.00. The molecule has 0 aromatic carbocycles. The molecule has 6 heteroatoms. The molecular formula is C9H26O4SiTi. The van der Waals surface area contributed by atoms with Crippen molar-refractivity contribution in [3.05, 3.63) is 0 Å². The van der Waals surface area contributed by atoms with Gasteiger partial charge < -0.3 is 5.11 Å². The van der Waals surface area contributed by atoms with Crippen LogP contribution in [0.1, 0.15) is 34.6 Å². The van der Waals surface area contributed by atoms with Gasteiger partial charge in [-0.2, -0.15) is 0 Å². The van der Waals surface area contributed by atoms with Crippen LogP contribution in [0, 0.1) is 0 Å². The summed E-state index contributed by atoms with van der Waals surface area (Å²) in [5.74, 6) is 0. The molecule has 0 spiro atoms. The van der Waals surface area contributed by atoms with E-state index < -0.39 is 25.1 Å². The number of rotatable bonds is 6. The predicted octanol–water partition coefficient (Wildman–Crippen LogP) is -0.237. The topological polar surface area (TPSA) is 50.8 Å². The van der Waals surface area contributed by atoms with E-state index in [1.54, 1.807) is 13.8 Å². The van der Waals surface area contributed by atoms with Crippen LogP contribution in [0.15, 0.2) is 0 Å². The van der Waals surface area contributed by atoms with E-state index in [0.29, 0.717) is 19.8 Å². The van der Waals surface area contributed by atoms with Crippen molar-refractivity contribution in [2.75, 3.05) is 19.8 Å². The van der Waals surface area contributed by atoms with Crippen LogP contribution < -0.4 is 5.11 Å². The van der Waals surface area contributed by atoms with Gasteiger partial charge >= 0.3 is 69.6 Å². The summed E-state index contributed by atoms with van der Waals surface area (Å²) >= 11 is -1.99. The minimum Gasteiger partial charge on any atom is -0.0149 e. The van der Waals surface area contributed by atoms with Crippen molar-refractivity contribution in [3.8, 4) is 0 Å². The van der Waals surface area contributed by atoms with Gasteiger partial charge in [-0.05, 0) is 11.0 Å². The van der Waals surface area contributed by atoms with Crippen molar-refractivity contribution < 1.29 is 34.1 Å². The molecule has 0 aliphatic rings. The molecule has 15 heavy (non-hydrogen) atoms. The van der Waals surface area contributed by atoms with Crippen molar-refractivity contribution in [1.29, 1.82) is 0 Å². The molecule has 0 saturated heterocycles. The third-order valence-electron chi connectivity index (χ3n) is 0.787. The molecule has 0 radical (unpaired) electrons. The molecule has 4 nitrogen and oxygen atoms in total. The maximum atomic E-state index is 9.53. The zero-order valence-electron chi connectivity index (χ0n) is 9.83. The summed E-state index contributed by atoms with van der Waals surface area (Å²) in [5, 5.41) is 9.53. The third kappa shape index (κ3) is 25.2. The molecule has 0 aliphatic carbocycles. The maximum Gasteiger partial charge on any atom is -0.0149 e. The first-order valence-corrected chi connectivity index (χ1v) is 6.90. The Kier molecular flexibility index (Phi) is 24.2. The van der Waals surface area contributed by atoms with Crippen molar-refractivity contribution in [1.82, 2.24) is 0 Å². The Hall–Kier alpha value is 0.771. The molecule has 0 saturated carbocycles. The average Bonchev–Trinajstić information content (AvgIpc) is 2.04. The maximum absolute atomic E-state index is 9.53. The predicted molar refractivity (Wildman–Crippen MR) is 61.3 cm³/mol. The molecule has 0 aromatic heterocycles. The minimum absolute atomic E-state index is 0. The average molecular weight is 274 g/mol. The summed E-state index contributed by atoms with van der Waals surface area (Å²) in [4.78, 5) is 0. The third-order valence-corrected chi connectivity index (χ3v) is 3.24. The summed E-state index contributed by atoms with van der Waals surface area (Å²) in [6, 6.07) is 0. The Labute approximate surface area is 106 Å². The zero-order valence-corrected chi connectivity index (χ0v) is 11.4. The van der Waals surface area contributed by atoms with Crippen LogP contribution in [-0.4, -0.2) is 36.9 Å². The van der Waals surface area contributed by atoms with Gasteiger partial charge in [-0.15, -0.1) is 6.10 Å². The summed E-state index contributed by atoms with van der Waals surface area (Å²) in [6.07, 6.45) is -0.417. The molecule has 0 heterocycles. The largest absolute Gasteiger partial charge is 0.0149 e. The number of hydrogen-bond donors (Lipinski definition) is 0. The molecule has 0 aromatic rings. The van der Waals surface area contributed by atoms with Crippen molar-refractivity contribution in [3.63, 3.8) is 0 Å².